The van der Waals surface area contributed by atoms with E-state index in [1.165, 1.54) is 6.07 Å². The predicted octanol–water partition coefficient (Wildman–Crippen LogP) is 2.03. The van der Waals surface area contributed by atoms with Crippen LogP contribution >= 0.6 is 0 Å². The standard InChI is InChI=1S/C16H13N3O2/c17-16(21)13-4-3-12-7-11(9-19-14(12)15(13)20)6-10-2-1-5-18-8-10/h1-5,7-9,20H,6H2,(H2,17,21). The number of nitrogens with two attached hydrogens (primary N) is 1. The zero-order chi connectivity index (χ0) is 14.8. The number of carbonyl (C=O) groups excluding carboxylic acids is 1. The highest BCUT2D eigenvalue weighted by atomic mass is 16.3. The van der Waals surface area contributed by atoms with Crippen LogP contribution in [0.4, 0.5) is 0 Å². The average molecular weight is 279 g/mol. The summed E-state index contributed by atoms with van der Waals surface area (Å²) < 4.78 is 0. The van der Waals surface area contributed by atoms with Gasteiger partial charge in [-0.05, 0) is 29.3 Å². The van der Waals surface area contributed by atoms with Gasteiger partial charge >= 0.3 is 0 Å². The molecular weight excluding hydrogens is 266 g/mol. The molecule has 104 valence electrons. The molecule has 21 heavy (non-hydrogen) atoms. The van der Waals surface area contributed by atoms with E-state index in [9.17, 15) is 9.90 Å². The second-order valence-corrected chi connectivity index (χ2v) is 4.78. The summed E-state index contributed by atoms with van der Waals surface area (Å²) in [6.45, 7) is 0. The van der Waals surface area contributed by atoms with Gasteiger partial charge in [0, 0.05) is 30.4 Å². The van der Waals surface area contributed by atoms with Crippen molar-refractivity contribution in [1.82, 2.24) is 9.97 Å². The third-order valence-corrected chi connectivity index (χ3v) is 3.28. The van der Waals surface area contributed by atoms with E-state index in [0.29, 0.717) is 11.9 Å². The van der Waals surface area contributed by atoms with Crippen LogP contribution in [0.15, 0.2) is 48.9 Å². The van der Waals surface area contributed by atoms with Crippen molar-refractivity contribution in [3.63, 3.8) is 0 Å². The van der Waals surface area contributed by atoms with E-state index >= 15 is 0 Å². The second kappa shape index (κ2) is 5.20. The summed E-state index contributed by atoms with van der Waals surface area (Å²) in [6.07, 6.45) is 5.92. The van der Waals surface area contributed by atoms with Crippen LogP contribution in [0.5, 0.6) is 5.75 Å². The monoisotopic (exact) mass is 279 g/mol. The van der Waals surface area contributed by atoms with Crippen LogP contribution in [-0.2, 0) is 6.42 Å². The molecule has 0 saturated carbocycles. The fourth-order valence-electron chi connectivity index (χ4n) is 2.27. The maximum absolute atomic E-state index is 11.2. The Kier molecular flexibility index (Phi) is 3.23. The molecule has 3 rings (SSSR count). The molecular formula is C16H13N3O2. The Hall–Kier alpha value is -2.95. The van der Waals surface area contributed by atoms with Crippen molar-refractivity contribution in [3.8, 4) is 5.75 Å². The summed E-state index contributed by atoms with van der Waals surface area (Å²) in [7, 11) is 0. The number of pyridine rings is 2. The maximum atomic E-state index is 11.2. The van der Waals surface area contributed by atoms with Crippen molar-refractivity contribution in [2.45, 2.75) is 6.42 Å². The minimum absolute atomic E-state index is 0.0787. The molecule has 5 heteroatoms. The summed E-state index contributed by atoms with van der Waals surface area (Å²) in [5.41, 5.74) is 7.74. The smallest absolute Gasteiger partial charge is 0.252 e. The van der Waals surface area contributed by atoms with Gasteiger partial charge in [-0.15, -0.1) is 0 Å². The van der Waals surface area contributed by atoms with Gasteiger partial charge in [-0.3, -0.25) is 14.8 Å². The highest BCUT2D eigenvalue weighted by molar-refractivity contribution is 6.01. The molecule has 0 spiro atoms. The van der Waals surface area contributed by atoms with Crippen molar-refractivity contribution >= 4 is 16.8 Å². The van der Waals surface area contributed by atoms with Gasteiger partial charge in [-0.1, -0.05) is 12.1 Å². The van der Waals surface area contributed by atoms with E-state index in [2.05, 4.69) is 9.97 Å². The first-order valence-corrected chi connectivity index (χ1v) is 6.44. The number of phenols is 1. The lowest BCUT2D eigenvalue weighted by Gasteiger charge is -2.07. The first-order chi connectivity index (χ1) is 10.1. The molecule has 0 aliphatic carbocycles. The first-order valence-electron chi connectivity index (χ1n) is 6.44. The average Bonchev–Trinajstić information content (AvgIpc) is 2.48. The molecule has 3 aromatic rings. The third-order valence-electron chi connectivity index (χ3n) is 3.28. The fraction of sp³-hybridized carbons (Fsp3) is 0.0625. The van der Waals surface area contributed by atoms with Crippen LogP contribution in [0, 0.1) is 0 Å². The first kappa shape index (κ1) is 13.1. The van der Waals surface area contributed by atoms with Crippen LogP contribution in [-0.4, -0.2) is 21.0 Å². The number of benzene rings is 1. The van der Waals surface area contributed by atoms with Crippen molar-refractivity contribution < 1.29 is 9.90 Å². The molecule has 5 nitrogen and oxygen atoms in total. The zero-order valence-electron chi connectivity index (χ0n) is 11.2. The van der Waals surface area contributed by atoms with Gasteiger partial charge in [0.05, 0.1) is 5.56 Å². The highest BCUT2D eigenvalue weighted by Gasteiger charge is 2.12. The Labute approximate surface area is 121 Å². The van der Waals surface area contributed by atoms with Crippen molar-refractivity contribution in [1.29, 1.82) is 0 Å². The Bertz CT molecular complexity index is 816. The van der Waals surface area contributed by atoms with E-state index in [1.54, 1.807) is 24.7 Å². The molecule has 0 fully saturated rings. The molecule has 0 aliphatic rings. The number of aromatic hydroxyl groups is 1. The van der Waals surface area contributed by atoms with Gasteiger partial charge in [0.1, 0.15) is 5.52 Å². The van der Waals surface area contributed by atoms with Crippen LogP contribution in [0.25, 0.3) is 10.9 Å². The topological polar surface area (TPSA) is 89.1 Å². The summed E-state index contributed by atoms with van der Waals surface area (Å²) in [5.74, 6) is -0.844. The van der Waals surface area contributed by atoms with Crippen LogP contribution in [0.2, 0.25) is 0 Å². The molecule has 0 radical (unpaired) electrons. The number of carbonyl (C=O) groups is 1. The van der Waals surface area contributed by atoms with Gasteiger partial charge in [-0.2, -0.15) is 0 Å². The normalized spacial score (nSPS) is 10.7. The minimum atomic E-state index is -0.671. The fourth-order valence-corrected chi connectivity index (χ4v) is 2.27. The van der Waals surface area contributed by atoms with Crippen LogP contribution < -0.4 is 5.73 Å². The summed E-state index contributed by atoms with van der Waals surface area (Å²) in [5, 5.41) is 10.8. The molecule has 0 aliphatic heterocycles. The SMILES string of the molecule is NC(=O)c1ccc2cc(Cc3cccnc3)cnc2c1O. The van der Waals surface area contributed by atoms with Gasteiger partial charge in [0.2, 0.25) is 0 Å². The van der Waals surface area contributed by atoms with E-state index in [-0.39, 0.29) is 11.3 Å². The second-order valence-electron chi connectivity index (χ2n) is 4.78. The number of hydrogen-bond acceptors (Lipinski definition) is 4. The minimum Gasteiger partial charge on any atom is -0.505 e. The maximum Gasteiger partial charge on any atom is 0.252 e. The Morgan fingerprint density at radius 1 is 1.19 bits per heavy atom. The van der Waals surface area contributed by atoms with Crippen molar-refractivity contribution in [3.05, 3.63) is 65.6 Å². The van der Waals surface area contributed by atoms with E-state index < -0.39 is 5.91 Å². The molecule has 0 bridgehead atoms. The molecule has 2 aromatic heterocycles. The number of fused-ring (bicyclic) bond motifs is 1. The summed E-state index contributed by atoms with van der Waals surface area (Å²) >= 11 is 0. The predicted molar refractivity (Wildman–Crippen MR) is 79.0 cm³/mol. The molecule has 3 N–H and O–H groups in total. The Balaban J connectivity index is 2.02. The van der Waals surface area contributed by atoms with E-state index in [1.807, 2.05) is 18.2 Å². The Morgan fingerprint density at radius 3 is 2.76 bits per heavy atom. The summed E-state index contributed by atoms with van der Waals surface area (Å²) in [4.78, 5) is 19.5. The number of nitrogens with zero attached hydrogens (tertiary/aromatic N) is 2. The number of primary amides is 1. The largest absolute Gasteiger partial charge is 0.505 e. The lowest BCUT2D eigenvalue weighted by molar-refractivity contribution is 0.0998. The zero-order valence-corrected chi connectivity index (χ0v) is 11.2. The molecule has 0 unspecified atom stereocenters. The molecule has 2 heterocycles. The summed E-state index contributed by atoms with van der Waals surface area (Å²) in [6, 6.07) is 9.05. The number of amides is 1. The number of hydrogen-bond donors (Lipinski definition) is 2. The molecule has 1 amide bonds. The van der Waals surface area contributed by atoms with Gasteiger partial charge in [0.15, 0.2) is 5.75 Å². The molecule has 0 atom stereocenters. The third kappa shape index (κ3) is 2.53. The highest BCUT2D eigenvalue weighted by Crippen LogP contribution is 2.27. The van der Waals surface area contributed by atoms with Crippen molar-refractivity contribution in [2.75, 3.05) is 0 Å². The van der Waals surface area contributed by atoms with E-state index in [4.69, 9.17) is 5.73 Å². The van der Waals surface area contributed by atoms with Gasteiger partial charge < -0.3 is 10.8 Å². The number of rotatable bonds is 3. The number of aromatic nitrogens is 2. The quantitative estimate of drug-likeness (QED) is 0.767. The molecule has 0 saturated heterocycles. The lowest BCUT2D eigenvalue weighted by atomic mass is 10.0. The lowest BCUT2D eigenvalue weighted by Crippen LogP contribution is -2.11. The van der Waals surface area contributed by atoms with Gasteiger partial charge in [-0.25, -0.2) is 0 Å². The molecule has 1 aromatic carbocycles. The van der Waals surface area contributed by atoms with Crippen molar-refractivity contribution in [2.24, 2.45) is 5.73 Å². The Morgan fingerprint density at radius 2 is 2.05 bits per heavy atom. The van der Waals surface area contributed by atoms with Gasteiger partial charge in [0.25, 0.3) is 5.91 Å². The van der Waals surface area contributed by atoms with Crippen LogP contribution in [0.3, 0.4) is 0 Å². The van der Waals surface area contributed by atoms with E-state index in [0.717, 1.165) is 16.5 Å². The van der Waals surface area contributed by atoms with Crippen LogP contribution in [0.1, 0.15) is 21.5 Å².